The third-order valence-corrected chi connectivity index (χ3v) is 6.94. The van der Waals surface area contributed by atoms with Crippen molar-refractivity contribution >= 4 is 17.8 Å². The van der Waals surface area contributed by atoms with Gasteiger partial charge in [0.2, 0.25) is 5.91 Å². The number of nitrogens with one attached hydrogen (secondary N) is 2. The van der Waals surface area contributed by atoms with E-state index in [4.69, 9.17) is 4.74 Å². The first-order chi connectivity index (χ1) is 13.4. The van der Waals surface area contributed by atoms with Crippen LogP contribution in [0.15, 0.2) is 30.3 Å². The molecule has 1 aromatic rings. The van der Waals surface area contributed by atoms with E-state index in [1.165, 1.54) is 19.0 Å². The van der Waals surface area contributed by atoms with Gasteiger partial charge in [0, 0.05) is 7.05 Å². The Balaban J connectivity index is 1.45. The van der Waals surface area contributed by atoms with Crippen molar-refractivity contribution in [3.63, 3.8) is 0 Å². The van der Waals surface area contributed by atoms with Gasteiger partial charge in [-0.3, -0.25) is 14.4 Å². The van der Waals surface area contributed by atoms with E-state index in [1.54, 1.807) is 0 Å². The lowest BCUT2D eigenvalue weighted by atomic mass is 9.43. The smallest absolute Gasteiger partial charge is 0.312 e. The molecule has 4 bridgehead atoms. The third kappa shape index (κ3) is 3.40. The molecule has 2 amide bonds. The molecule has 4 atom stereocenters. The monoisotopic (exact) mass is 384 g/mol. The SMILES string of the molecule is CNC(=O)CNC(=O)COC(=O)C12C[C@H]3C[C@@H](C1)CC(c1ccccc1)(C3)C2. The molecule has 4 aliphatic carbocycles. The number of carbonyl (C=O) groups excluding carboxylic acids is 3. The Morgan fingerprint density at radius 2 is 1.71 bits per heavy atom. The van der Waals surface area contributed by atoms with Crippen molar-refractivity contribution in [2.75, 3.05) is 20.2 Å². The van der Waals surface area contributed by atoms with Crippen LogP contribution < -0.4 is 10.6 Å². The number of likely N-dealkylation sites (N-methyl/N-ethyl adjacent to an activating group) is 1. The molecule has 4 saturated carbocycles. The lowest BCUT2D eigenvalue weighted by Gasteiger charge is -2.61. The summed E-state index contributed by atoms with van der Waals surface area (Å²) in [5.41, 5.74) is 0.928. The Morgan fingerprint density at radius 3 is 2.36 bits per heavy atom. The van der Waals surface area contributed by atoms with Crippen molar-refractivity contribution in [1.29, 1.82) is 0 Å². The molecule has 4 fully saturated rings. The van der Waals surface area contributed by atoms with E-state index in [2.05, 4.69) is 34.9 Å². The van der Waals surface area contributed by atoms with Crippen LogP contribution in [0.25, 0.3) is 0 Å². The first kappa shape index (κ1) is 19.0. The number of esters is 1. The Kier molecular flexibility index (Phi) is 4.89. The standard InChI is InChI=1S/C22H28N2O4/c1-23-18(25)12-24-19(26)13-28-20(27)22-10-15-7-16(11-22)9-21(8-15,14-22)17-5-3-2-4-6-17/h2-6,15-16H,7-14H2,1H3,(H,23,25)(H,24,26)/t15-,16+,21?,22?. The number of rotatable bonds is 6. The Bertz CT molecular complexity index is 762. The zero-order valence-electron chi connectivity index (χ0n) is 16.3. The number of benzene rings is 1. The van der Waals surface area contributed by atoms with Gasteiger partial charge in [-0.2, -0.15) is 0 Å². The molecule has 0 aromatic heterocycles. The molecule has 28 heavy (non-hydrogen) atoms. The second kappa shape index (κ2) is 7.22. The van der Waals surface area contributed by atoms with Gasteiger partial charge in [0.1, 0.15) is 0 Å². The van der Waals surface area contributed by atoms with E-state index in [0.717, 1.165) is 32.1 Å². The summed E-state index contributed by atoms with van der Waals surface area (Å²) < 4.78 is 5.45. The minimum atomic E-state index is -0.471. The normalized spacial score (nSPS) is 32.6. The molecule has 0 heterocycles. The van der Waals surface area contributed by atoms with Gasteiger partial charge in [-0.25, -0.2) is 0 Å². The van der Waals surface area contributed by atoms with E-state index in [1.807, 2.05) is 6.07 Å². The first-order valence-electron chi connectivity index (χ1n) is 10.1. The minimum Gasteiger partial charge on any atom is -0.455 e. The summed E-state index contributed by atoms with van der Waals surface area (Å²) in [6.45, 7) is -0.440. The molecule has 5 rings (SSSR count). The van der Waals surface area contributed by atoms with Crippen LogP contribution in [0.3, 0.4) is 0 Å². The van der Waals surface area contributed by atoms with Crippen LogP contribution >= 0.6 is 0 Å². The maximum absolute atomic E-state index is 13.1. The average molecular weight is 384 g/mol. The van der Waals surface area contributed by atoms with Crippen LogP contribution in [-0.2, 0) is 24.5 Å². The molecule has 6 heteroatoms. The highest BCUT2D eigenvalue weighted by Crippen LogP contribution is 2.66. The lowest BCUT2D eigenvalue weighted by Crippen LogP contribution is -2.57. The highest BCUT2D eigenvalue weighted by molar-refractivity contribution is 5.87. The van der Waals surface area contributed by atoms with Gasteiger partial charge in [-0.05, 0) is 61.3 Å². The highest BCUT2D eigenvalue weighted by atomic mass is 16.5. The van der Waals surface area contributed by atoms with E-state index in [-0.39, 0.29) is 30.4 Å². The Labute approximate surface area is 165 Å². The van der Waals surface area contributed by atoms with Gasteiger partial charge in [0.05, 0.1) is 12.0 Å². The van der Waals surface area contributed by atoms with Gasteiger partial charge in [0.15, 0.2) is 6.61 Å². The number of hydrogen-bond donors (Lipinski definition) is 2. The molecular weight excluding hydrogens is 356 g/mol. The predicted molar refractivity (Wildman–Crippen MR) is 103 cm³/mol. The van der Waals surface area contributed by atoms with Crippen molar-refractivity contribution in [2.45, 2.75) is 43.9 Å². The number of amides is 2. The fourth-order valence-corrected chi connectivity index (χ4v) is 6.23. The maximum atomic E-state index is 13.1. The van der Waals surface area contributed by atoms with Gasteiger partial charge in [-0.1, -0.05) is 30.3 Å². The van der Waals surface area contributed by atoms with Crippen LogP contribution in [-0.4, -0.2) is 38.0 Å². The molecule has 1 aromatic carbocycles. The van der Waals surface area contributed by atoms with Crippen LogP contribution in [0.4, 0.5) is 0 Å². The number of carbonyl (C=O) groups is 3. The third-order valence-electron chi connectivity index (χ3n) is 6.94. The zero-order valence-corrected chi connectivity index (χ0v) is 16.3. The Morgan fingerprint density at radius 1 is 1.04 bits per heavy atom. The second-order valence-corrected chi connectivity index (χ2v) is 8.91. The van der Waals surface area contributed by atoms with Crippen LogP contribution in [0.2, 0.25) is 0 Å². The fraction of sp³-hybridized carbons (Fsp3) is 0.591. The van der Waals surface area contributed by atoms with Crippen LogP contribution in [0, 0.1) is 17.3 Å². The van der Waals surface area contributed by atoms with E-state index in [0.29, 0.717) is 11.8 Å². The number of ether oxygens (including phenoxy) is 1. The minimum absolute atomic E-state index is 0.0613. The van der Waals surface area contributed by atoms with E-state index < -0.39 is 11.3 Å². The zero-order chi connectivity index (χ0) is 19.8. The van der Waals surface area contributed by atoms with E-state index >= 15 is 0 Å². The van der Waals surface area contributed by atoms with Crippen molar-refractivity contribution in [2.24, 2.45) is 17.3 Å². The van der Waals surface area contributed by atoms with Crippen LogP contribution in [0.1, 0.15) is 44.1 Å². The van der Waals surface area contributed by atoms with Crippen LogP contribution in [0.5, 0.6) is 0 Å². The molecule has 0 spiro atoms. The molecule has 2 N–H and O–H groups in total. The Hall–Kier alpha value is -2.37. The second-order valence-electron chi connectivity index (χ2n) is 8.91. The first-order valence-corrected chi connectivity index (χ1v) is 10.1. The molecule has 0 aliphatic heterocycles. The molecular formula is C22H28N2O4. The lowest BCUT2D eigenvalue weighted by molar-refractivity contribution is -0.175. The molecule has 0 saturated heterocycles. The summed E-state index contributed by atoms with van der Waals surface area (Å²) in [5, 5.41) is 4.90. The summed E-state index contributed by atoms with van der Waals surface area (Å²) >= 11 is 0. The quantitative estimate of drug-likeness (QED) is 0.734. The van der Waals surface area contributed by atoms with Crippen molar-refractivity contribution in [3.05, 3.63) is 35.9 Å². The van der Waals surface area contributed by atoms with Gasteiger partial charge < -0.3 is 15.4 Å². The van der Waals surface area contributed by atoms with Crippen molar-refractivity contribution in [1.82, 2.24) is 10.6 Å². The largest absolute Gasteiger partial charge is 0.455 e. The molecule has 2 unspecified atom stereocenters. The summed E-state index contributed by atoms with van der Waals surface area (Å²) in [5.74, 6) is 0.133. The molecule has 0 radical (unpaired) electrons. The van der Waals surface area contributed by atoms with Crippen molar-refractivity contribution < 1.29 is 19.1 Å². The van der Waals surface area contributed by atoms with Gasteiger partial charge in [-0.15, -0.1) is 0 Å². The van der Waals surface area contributed by atoms with E-state index in [9.17, 15) is 14.4 Å². The summed E-state index contributed by atoms with van der Waals surface area (Å²) in [4.78, 5) is 36.2. The predicted octanol–water partition coefficient (Wildman–Crippen LogP) is 1.93. The van der Waals surface area contributed by atoms with Gasteiger partial charge in [0.25, 0.3) is 5.91 Å². The topological polar surface area (TPSA) is 84.5 Å². The summed E-state index contributed by atoms with van der Waals surface area (Å²) in [7, 11) is 1.50. The summed E-state index contributed by atoms with van der Waals surface area (Å²) in [6, 6.07) is 10.6. The molecule has 6 nitrogen and oxygen atoms in total. The fourth-order valence-electron chi connectivity index (χ4n) is 6.23. The maximum Gasteiger partial charge on any atom is 0.312 e. The highest BCUT2D eigenvalue weighted by Gasteiger charge is 2.61. The summed E-state index contributed by atoms with van der Waals surface area (Å²) in [6.07, 6.45) is 6.06. The molecule has 150 valence electrons. The van der Waals surface area contributed by atoms with Gasteiger partial charge >= 0.3 is 5.97 Å². The number of hydrogen-bond acceptors (Lipinski definition) is 4. The van der Waals surface area contributed by atoms with Crippen molar-refractivity contribution in [3.8, 4) is 0 Å². The molecule has 4 aliphatic rings. The average Bonchev–Trinajstić information content (AvgIpc) is 2.69.